The molecule has 2 fully saturated rings. The van der Waals surface area contributed by atoms with Gasteiger partial charge in [-0.1, -0.05) is 20.3 Å². The van der Waals surface area contributed by atoms with E-state index in [1.165, 1.54) is 19.3 Å². The lowest BCUT2D eigenvalue weighted by Crippen LogP contribution is -2.39. The monoisotopic (exact) mass is 289 g/mol. The molecule has 2 aliphatic carbocycles. The van der Waals surface area contributed by atoms with Gasteiger partial charge in [-0.15, -0.1) is 0 Å². The number of carbonyl (C=O) groups excluding carboxylic acids is 1. The van der Waals surface area contributed by atoms with Crippen LogP contribution in [0.25, 0.3) is 0 Å². The highest BCUT2D eigenvalue weighted by atomic mass is 16.2. The molecule has 3 unspecified atom stereocenters. The zero-order valence-corrected chi connectivity index (χ0v) is 12.6. The molecule has 0 saturated heterocycles. The molecule has 1 aromatic rings. The molecule has 0 aliphatic heterocycles. The minimum Gasteiger partial charge on any atom is -0.348 e. The number of carbonyl (C=O) groups is 1. The first-order valence-electron chi connectivity index (χ1n) is 7.73. The number of fused-ring (bicyclic) bond motifs is 2. The van der Waals surface area contributed by atoms with E-state index >= 15 is 0 Å². The van der Waals surface area contributed by atoms with Crippen LogP contribution in [0.4, 0.5) is 5.69 Å². The van der Waals surface area contributed by atoms with E-state index in [0.717, 1.165) is 12.3 Å². The lowest BCUT2D eigenvalue weighted by atomic mass is 9.95. The van der Waals surface area contributed by atoms with Gasteiger partial charge in [-0.25, -0.2) is 9.97 Å². The zero-order chi connectivity index (χ0) is 15.0. The third-order valence-corrected chi connectivity index (χ3v) is 4.75. The van der Waals surface area contributed by atoms with E-state index in [0.29, 0.717) is 29.2 Å². The maximum Gasteiger partial charge on any atom is 0.272 e. The summed E-state index contributed by atoms with van der Waals surface area (Å²) >= 11 is 0. The van der Waals surface area contributed by atoms with Gasteiger partial charge in [0.05, 0.1) is 11.9 Å². The fraction of sp³-hybridized carbons (Fsp3) is 0.667. The summed E-state index contributed by atoms with van der Waals surface area (Å²) < 4.78 is 0. The van der Waals surface area contributed by atoms with E-state index in [2.05, 4.69) is 20.7 Å². The van der Waals surface area contributed by atoms with Crippen molar-refractivity contribution >= 4 is 11.6 Å². The summed E-state index contributed by atoms with van der Waals surface area (Å²) in [5, 5.41) is 3.14. The van der Waals surface area contributed by atoms with E-state index in [-0.39, 0.29) is 11.8 Å². The molecule has 4 N–H and O–H groups in total. The molecule has 2 bridgehead atoms. The van der Waals surface area contributed by atoms with Crippen LogP contribution in [0.3, 0.4) is 0 Å². The van der Waals surface area contributed by atoms with Crippen molar-refractivity contribution < 1.29 is 4.79 Å². The Balaban J connectivity index is 1.78. The van der Waals surface area contributed by atoms with Gasteiger partial charge < -0.3 is 10.7 Å². The van der Waals surface area contributed by atoms with Crippen LogP contribution in [-0.2, 0) is 0 Å². The predicted octanol–water partition coefficient (Wildman–Crippen LogP) is 1.80. The Morgan fingerprint density at radius 2 is 2.19 bits per heavy atom. The average molecular weight is 289 g/mol. The predicted molar refractivity (Wildman–Crippen MR) is 80.6 cm³/mol. The molecule has 6 heteroatoms. The van der Waals surface area contributed by atoms with Gasteiger partial charge in [-0.3, -0.25) is 10.6 Å². The van der Waals surface area contributed by atoms with Crippen LogP contribution in [0.1, 0.15) is 61.8 Å². The second kappa shape index (κ2) is 5.60. The molecule has 1 amide bonds. The molecule has 114 valence electrons. The number of nitrogens with two attached hydrogens (primary N) is 1. The third-order valence-electron chi connectivity index (χ3n) is 4.75. The van der Waals surface area contributed by atoms with Crippen LogP contribution in [0.15, 0.2) is 6.20 Å². The summed E-state index contributed by atoms with van der Waals surface area (Å²) in [6.45, 7) is 4.00. The summed E-state index contributed by atoms with van der Waals surface area (Å²) in [6.07, 6.45) is 6.49. The zero-order valence-electron chi connectivity index (χ0n) is 12.6. The van der Waals surface area contributed by atoms with Crippen molar-refractivity contribution in [2.45, 2.75) is 51.5 Å². The molecule has 6 nitrogen and oxygen atoms in total. The lowest BCUT2D eigenvalue weighted by molar-refractivity contribution is 0.0918. The fourth-order valence-electron chi connectivity index (χ4n) is 3.61. The van der Waals surface area contributed by atoms with Crippen LogP contribution in [0.2, 0.25) is 0 Å². The minimum atomic E-state index is -0.148. The summed E-state index contributed by atoms with van der Waals surface area (Å²) in [7, 11) is 0. The summed E-state index contributed by atoms with van der Waals surface area (Å²) in [5.41, 5.74) is 3.33. The molecule has 2 aliphatic rings. The van der Waals surface area contributed by atoms with Gasteiger partial charge in [0.25, 0.3) is 5.91 Å². The third kappa shape index (κ3) is 2.72. The van der Waals surface area contributed by atoms with Crippen LogP contribution in [0.5, 0.6) is 0 Å². The van der Waals surface area contributed by atoms with Gasteiger partial charge in [-0.05, 0) is 31.1 Å². The summed E-state index contributed by atoms with van der Waals surface area (Å²) in [4.78, 5) is 21.1. The average Bonchev–Trinajstić information content (AvgIpc) is 3.08. The van der Waals surface area contributed by atoms with Gasteiger partial charge in [0.15, 0.2) is 5.69 Å². The second-order valence-electron chi connectivity index (χ2n) is 6.54. The number of nitrogens with one attached hydrogen (secondary N) is 2. The molecule has 21 heavy (non-hydrogen) atoms. The van der Waals surface area contributed by atoms with E-state index in [1.807, 2.05) is 13.8 Å². The van der Waals surface area contributed by atoms with Crippen molar-refractivity contribution in [3.63, 3.8) is 0 Å². The Morgan fingerprint density at radius 1 is 1.38 bits per heavy atom. The Bertz CT molecular complexity index is 545. The highest BCUT2D eigenvalue weighted by Crippen LogP contribution is 2.44. The molecule has 3 rings (SSSR count). The number of nitrogens with zero attached hydrogens (tertiary/aromatic N) is 2. The number of anilines is 1. The molecule has 1 heterocycles. The fourth-order valence-corrected chi connectivity index (χ4v) is 3.61. The van der Waals surface area contributed by atoms with Gasteiger partial charge in [-0.2, -0.15) is 0 Å². The quantitative estimate of drug-likeness (QED) is 0.580. The number of hydrogen-bond acceptors (Lipinski definition) is 5. The first kappa shape index (κ1) is 14.3. The number of amides is 1. The Morgan fingerprint density at radius 3 is 2.76 bits per heavy atom. The van der Waals surface area contributed by atoms with Crippen LogP contribution in [0, 0.1) is 11.8 Å². The van der Waals surface area contributed by atoms with Crippen molar-refractivity contribution in [3.8, 4) is 0 Å². The summed E-state index contributed by atoms with van der Waals surface area (Å²) in [5.74, 6) is 7.59. The minimum absolute atomic E-state index is 0.148. The van der Waals surface area contributed by atoms with E-state index < -0.39 is 0 Å². The Hall–Kier alpha value is -1.69. The maximum atomic E-state index is 12.5. The number of hydrazine groups is 1. The highest BCUT2D eigenvalue weighted by molar-refractivity contribution is 5.97. The van der Waals surface area contributed by atoms with Crippen LogP contribution >= 0.6 is 0 Å². The topological polar surface area (TPSA) is 92.9 Å². The van der Waals surface area contributed by atoms with Gasteiger partial charge in [0, 0.05) is 12.0 Å². The highest BCUT2D eigenvalue weighted by Gasteiger charge is 2.40. The molecule has 2 saturated carbocycles. The van der Waals surface area contributed by atoms with Crippen molar-refractivity contribution in [2.75, 3.05) is 5.43 Å². The van der Waals surface area contributed by atoms with Crippen molar-refractivity contribution in [3.05, 3.63) is 17.7 Å². The maximum absolute atomic E-state index is 12.5. The van der Waals surface area contributed by atoms with E-state index in [4.69, 9.17) is 5.84 Å². The molecule has 0 spiro atoms. The first-order chi connectivity index (χ1) is 10.1. The molecule has 1 aromatic heterocycles. The second-order valence-corrected chi connectivity index (χ2v) is 6.54. The van der Waals surface area contributed by atoms with Crippen LogP contribution in [-0.4, -0.2) is 21.9 Å². The number of hydrogen-bond donors (Lipinski definition) is 3. The molecule has 0 aromatic carbocycles. The SMILES string of the molecule is CC(C)c1ncc(NN)c(C(=O)NC2CC3CCC2C3)n1. The normalized spacial score (nSPS) is 27.1. The molecule has 3 atom stereocenters. The van der Waals surface area contributed by atoms with Gasteiger partial charge in [0.2, 0.25) is 0 Å². The van der Waals surface area contributed by atoms with Crippen LogP contribution < -0.4 is 16.6 Å². The smallest absolute Gasteiger partial charge is 0.272 e. The largest absolute Gasteiger partial charge is 0.348 e. The van der Waals surface area contributed by atoms with Gasteiger partial charge >= 0.3 is 0 Å². The first-order valence-corrected chi connectivity index (χ1v) is 7.73. The Kier molecular flexibility index (Phi) is 3.80. The molecular weight excluding hydrogens is 266 g/mol. The Labute approximate surface area is 124 Å². The lowest BCUT2D eigenvalue weighted by Gasteiger charge is -2.23. The summed E-state index contributed by atoms with van der Waals surface area (Å²) in [6, 6.07) is 0.291. The standard InChI is InChI=1S/C15H23N5O/c1-8(2)14-17-7-12(20-16)13(19-14)15(21)18-11-6-9-3-4-10(11)5-9/h7-11,20H,3-6,16H2,1-2H3,(H,18,21). The molecule has 0 radical (unpaired) electrons. The van der Waals surface area contributed by atoms with E-state index in [9.17, 15) is 4.79 Å². The van der Waals surface area contributed by atoms with E-state index in [1.54, 1.807) is 6.20 Å². The number of nitrogen functional groups attached to an aromatic ring is 1. The number of rotatable bonds is 4. The van der Waals surface area contributed by atoms with Crippen molar-refractivity contribution in [1.82, 2.24) is 15.3 Å². The van der Waals surface area contributed by atoms with Crippen molar-refractivity contribution in [1.29, 1.82) is 0 Å². The van der Waals surface area contributed by atoms with Crippen molar-refractivity contribution in [2.24, 2.45) is 17.7 Å². The number of aromatic nitrogens is 2. The van der Waals surface area contributed by atoms with Gasteiger partial charge in [0.1, 0.15) is 5.82 Å². The molecular formula is C15H23N5O.